The van der Waals surface area contributed by atoms with Gasteiger partial charge in [-0.15, -0.1) is 0 Å². The van der Waals surface area contributed by atoms with E-state index < -0.39 is 0 Å². The van der Waals surface area contributed by atoms with Gasteiger partial charge in [0.25, 0.3) is 0 Å². The lowest BCUT2D eigenvalue weighted by Gasteiger charge is -2.07. The Morgan fingerprint density at radius 1 is 1.31 bits per heavy atom. The molecule has 0 radical (unpaired) electrons. The van der Waals surface area contributed by atoms with E-state index in [-0.39, 0.29) is 0 Å². The van der Waals surface area contributed by atoms with E-state index >= 15 is 0 Å². The zero-order valence-corrected chi connectivity index (χ0v) is 10.1. The number of pyridine rings is 1. The third-order valence-electron chi connectivity index (χ3n) is 2.72. The molecule has 2 rings (SSSR count). The highest BCUT2D eigenvalue weighted by Gasteiger charge is 2.05. The van der Waals surface area contributed by atoms with Crippen molar-refractivity contribution in [3.8, 4) is 0 Å². The van der Waals surface area contributed by atoms with Crippen molar-refractivity contribution in [2.45, 2.75) is 20.3 Å². The minimum absolute atomic E-state index is 0.715. The first kappa shape index (κ1) is 11.0. The molecule has 0 atom stereocenters. The topological polar surface area (TPSA) is 41.6 Å². The van der Waals surface area contributed by atoms with E-state index in [2.05, 4.69) is 22.1 Å². The maximum absolute atomic E-state index is 5.13. The van der Waals surface area contributed by atoms with E-state index in [1.54, 1.807) is 6.20 Å². The normalized spacial score (nSPS) is 10.4. The molecule has 2 heterocycles. The fourth-order valence-corrected chi connectivity index (χ4v) is 1.74. The van der Waals surface area contributed by atoms with Crippen molar-refractivity contribution >= 4 is 12.2 Å². The van der Waals surface area contributed by atoms with Gasteiger partial charge in [0, 0.05) is 18.8 Å². The first-order valence-electron chi connectivity index (χ1n) is 5.12. The fourth-order valence-electron chi connectivity index (χ4n) is 1.54. The van der Waals surface area contributed by atoms with Crippen molar-refractivity contribution in [2.24, 2.45) is 0 Å². The quantitative estimate of drug-likeness (QED) is 0.808. The van der Waals surface area contributed by atoms with Gasteiger partial charge in [-0.1, -0.05) is 18.3 Å². The lowest BCUT2D eigenvalue weighted by atomic mass is 10.1. The van der Waals surface area contributed by atoms with Gasteiger partial charge in [-0.2, -0.15) is 5.10 Å². The summed E-state index contributed by atoms with van der Waals surface area (Å²) >= 11 is 5.13. The Balaban J connectivity index is 2.36. The molecule has 16 heavy (non-hydrogen) atoms. The molecule has 1 N–H and O–H groups in total. The predicted octanol–water partition coefficient (Wildman–Crippen LogP) is 2.74. The Hall–Kier alpha value is -1.55. The second-order valence-corrected chi connectivity index (χ2v) is 4.20. The standard InChI is InChI=1S/C12H13N3S/c1-8-9(2)12(16)15-14-11(8)6-10-4-3-5-13-7-10/h3-5,7H,6H2,1-2H3,(H,15,16). The van der Waals surface area contributed by atoms with Gasteiger partial charge < -0.3 is 0 Å². The Labute approximate surface area is 99.6 Å². The van der Waals surface area contributed by atoms with Crippen LogP contribution in [0.2, 0.25) is 0 Å². The van der Waals surface area contributed by atoms with Crippen LogP contribution in [0.4, 0.5) is 0 Å². The van der Waals surface area contributed by atoms with E-state index in [1.807, 2.05) is 25.3 Å². The maximum atomic E-state index is 5.13. The molecule has 0 amide bonds. The highest BCUT2D eigenvalue weighted by atomic mass is 32.1. The fraction of sp³-hybridized carbons (Fsp3) is 0.250. The number of rotatable bonds is 2. The minimum atomic E-state index is 0.715. The molecule has 0 aliphatic carbocycles. The Morgan fingerprint density at radius 3 is 2.81 bits per heavy atom. The lowest BCUT2D eigenvalue weighted by Crippen LogP contribution is -2.01. The predicted molar refractivity (Wildman–Crippen MR) is 65.9 cm³/mol. The number of nitrogens with one attached hydrogen (secondary N) is 1. The molecule has 2 aromatic rings. The summed E-state index contributed by atoms with van der Waals surface area (Å²) in [5.41, 5.74) is 4.44. The molecule has 4 heteroatoms. The van der Waals surface area contributed by atoms with Crippen molar-refractivity contribution in [2.75, 3.05) is 0 Å². The Morgan fingerprint density at radius 2 is 2.12 bits per heavy atom. The third-order valence-corrected chi connectivity index (χ3v) is 3.12. The SMILES string of the molecule is Cc1c(Cc2cccnc2)n[nH]c(=S)c1C. The molecule has 2 aromatic heterocycles. The molecule has 0 saturated carbocycles. The van der Waals surface area contributed by atoms with Crippen LogP contribution in [0.5, 0.6) is 0 Å². The summed E-state index contributed by atoms with van der Waals surface area (Å²) in [6, 6.07) is 3.98. The van der Waals surface area contributed by atoms with Crippen molar-refractivity contribution in [3.05, 3.63) is 51.6 Å². The molecular weight excluding hydrogens is 218 g/mol. The van der Waals surface area contributed by atoms with E-state index in [9.17, 15) is 0 Å². The third kappa shape index (κ3) is 2.17. The Kier molecular flexibility index (Phi) is 3.10. The zero-order chi connectivity index (χ0) is 11.5. The second-order valence-electron chi connectivity index (χ2n) is 3.79. The van der Waals surface area contributed by atoms with Crippen LogP contribution >= 0.6 is 12.2 Å². The molecule has 0 aromatic carbocycles. The summed E-state index contributed by atoms with van der Waals surface area (Å²) in [6.07, 6.45) is 4.41. The number of hydrogen-bond acceptors (Lipinski definition) is 3. The molecule has 0 aliphatic rings. The summed E-state index contributed by atoms with van der Waals surface area (Å²) in [6.45, 7) is 4.07. The molecule has 0 aliphatic heterocycles. The highest BCUT2D eigenvalue weighted by Crippen LogP contribution is 2.13. The summed E-state index contributed by atoms with van der Waals surface area (Å²) in [5.74, 6) is 0. The molecule has 3 nitrogen and oxygen atoms in total. The number of aromatic nitrogens is 3. The van der Waals surface area contributed by atoms with E-state index in [1.165, 1.54) is 0 Å². The lowest BCUT2D eigenvalue weighted by molar-refractivity contribution is 0.892. The van der Waals surface area contributed by atoms with Gasteiger partial charge in [0.2, 0.25) is 0 Å². The Bertz CT molecular complexity index is 546. The summed E-state index contributed by atoms with van der Waals surface area (Å²) in [4.78, 5) is 4.09. The molecule has 0 fully saturated rings. The zero-order valence-electron chi connectivity index (χ0n) is 9.32. The largest absolute Gasteiger partial charge is 0.267 e. The van der Waals surface area contributed by atoms with Crippen LogP contribution in [0.3, 0.4) is 0 Å². The van der Waals surface area contributed by atoms with Gasteiger partial charge >= 0.3 is 0 Å². The van der Waals surface area contributed by atoms with Crippen molar-refractivity contribution in [3.63, 3.8) is 0 Å². The van der Waals surface area contributed by atoms with Gasteiger partial charge in [-0.05, 0) is 36.6 Å². The van der Waals surface area contributed by atoms with Crippen LogP contribution in [0.15, 0.2) is 24.5 Å². The first-order chi connectivity index (χ1) is 7.68. The van der Waals surface area contributed by atoms with Crippen LogP contribution in [0.25, 0.3) is 0 Å². The second kappa shape index (κ2) is 4.53. The number of hydrogen-bond donors (Lipinski definition) is 1. The maximum Gasteiger partial charge on any atom is 0.122 e. The molecule has 0 saturated heterocycles. The molecule has 82 valence electrons. The molecule has 0 unspecified atom stereocenters. The van der Waals surface area contributed by atoms with E-state index in [0.717, 1.165) is 28.8 Å². The first-order valence-corrected chi connectivity index (χ1v) is 5.53. The summed E-state index contributed by atoms with van der Waals surface area (Å²) in [5, 5.41) is 7.15. The molecule has 0 bridgehead atoms. The van der Waals surface area contributed by atoms with Crippen LogP contribution in [0.1, 0.15) is 22.4 Å². The smallest absolute Gasteiger partial charge is 0.122 e. The minimum Gasteiger partial charge on any atom is -0.267 e. The number of aromatic amines is 1. The van der Waals surface area contributed by atoms with Crippen molar-refractivity contribution in [1.29, 1.82) is 0 Å². The molecule has 0 spiro atoms. The van der Waals surface area contributed by atoms with Gasteiger partial charge in [0.15, 0.2) is 0 Å². The van der Waals surface area contributed by atoms with Crippen LogP contribution in [0, 0.1) is 18.5 Å². The number of nitrogens with zero attached hydrogens (tertiary/aromatic N) is 2. The van der Waals surface area contributed by atoms with Crippen LogP contribution in [-0.4, -0.2) is 15.2 Å². The molecular formula is C12H13N3S. The van der Waals surface area contributed by atoms with Gasteiger partial charge in [0.1, 0.15) is 4.64 Å². The highest BCUT2D eigenvalue weighted by molar-refractivity contribution is 7.71. The van der Waals surface area contributed by atoms with Crippen molar-refractivity contribution in [1.82, 2.24) is 15.2 Å². The van der Waals surface area contributed by atoms with E-state index in [4.69, 9.17) is 12.2 Å². The van der Waals surface area contributed by atoms with Crippen molar-refractivity contribution < 1.29 is 0 Å². The van der Waals surface area contributed by atoms with Crippen LogP contribution in [-0.2, 0) is 6.42 Å². The monoisotopic (exact) mass is 231 g/mol. The van der Waals surface area contributed by atoms with Crippen LogP contribution < -0.4 is 0 Å². The van der Waals surface area contributed by atoms with Gasteiger partial charge in [-0.3, -0.25) is 10.1 Å². The average Bonchev–Trinajstić information content (AvgIpc) is 2.31. The number of H-pyrrole nitrogens is 1. The average molecular weight is 231 g/mol. The summed E-state index contributed by atoms with van der Waals surface area (Å²) in [7, 11) is 0. The van der Waals surface area contributed by atoms with Gasteiger partial charge in [-0.25, -0.2) is 0 Å². The summed E-state index contributed by atoms with van der Waals surface area (Å²) < 4.78 is 0.715. The van der Waals surface area contributed by atoms with Gasteiger partial charge in [0.05, 0.1) is 5.69 Å². The van der Waals surface area contributed by atoms with E-state index in [0.29, 0.717) is 4.64 Å².